The summed E-state index contributed by atoms with van der Waals surface area (Å²) in [5, 5.41) is 14.9. The lowest BCUT2D eigenvalue weighted by atomic mass is 9.93. The Kier molecular flexibility index (Phi) is 3.61. The van der Waals surface area contributed by atoms with Crippen LogP contribution in [0.2, 0.25) is 0 Å². The van der Waals surface area contributed by atoms with Gasteiger partial charge in [-0.2, -0.15) is 10.2 Å². The minimum atomic E-state index is -0.213. The van der Waals surface area contributed by atoms with Crippen molar-refractivity contribution in [2.75, 3.05) is 23.3 Å². The number of hydrogen-bond donors (Lipinski definition) is 2. The molecular weight excluding hydrogens is 359 g/mol. The van der Waals surface area contributed by atoms with Crippen molar-refractivity contribution in [3.63, 3.8) is 0 Å². The number of pyridine rings is 1. The number of nitrogens with zero attached hydrogens (tertiary/aromatic N) is 4. The molecule has 0 bridgehead atoms. The zero-order valence-electron chi connectivity index (χ0n) is 15.5. The lowest BCUT2D eigenvalue weighted by molar-refractivity contribution is -0.105. The predicted octanol–water partition coefficient (Wildman–Crippen LogP) is 3.35. The molecule has 28 heavy (non-hydrogen) atoms. The number of halogens is 1. The van der Waals surface area contributed by atoms with Crippen LogP contribution in [0.25, 0.3) is 27.5 Å². The number of anilines is 2. The molecule has 8 heteroatoms. The monoisotopic (exact) mass is 378 g/mol. The normalized spacial score (nSPS) is 14.6. The molecule has 0 atom stereocenters. The SMILES string of the molecule is Cc1c(F)c(N2CC(C)C2)c2[nH]ncc2c1-c1ccn2nc(NC=O)cc2c1. The topological polar surface area (TPSA) is 78.3 Å². The Hall–Kier alpha value is -3.42. The molecule has 1 aliphatic rings. The molecule has 2 N–H and O–H groups in total. The molecule has 0 unspecified atom stereocenters. The molecule has 0 radical (unpaired) electrons. The van der Waals surface area contributed by atoms with Gasteiger partial charge in [-0.1, -0.05) is 6.92 Å². The van der Waals surface area contributed by atoms with E-state index in [1.807, 2.05) is 19.1 Å². The Morgan fingerprint density at radius 1 is 1.36 bits per heavy atom. The summed E-state index contributed by atoms with van der Waals surface area (Å²) in [4.78, 5) is 12.7. The van der Waals surface area contributed by atoms with E-state index in [1.54, 1.807) is 23.0 Å². The summed E-state index contributed by atoms with van der Waals surface area (Å²) < 4.78 is 17.1. The van der Waals surface area contributed by atoms with Crippen molar-refractivity contribution in [3.05, 3.63) is 42.0 Å². The van der Waals surface area contributed by atoms with Crippen LogP contribution in [0.1, 0.15) is 12.5 Å². The van der Waals surface area contributed by atoms with Gasteiger partial charge in [0.1, 0.15) is 0 Å². The summed E-state index contributed by atoms with van der Waals surface area (Å²) in [6, 6.07) is 5.60. The van der Waals surface area contributed by atoms with Crippen molar-refractivity contribution >= 4 is 34.3 Å². The van der Waals surface area contributed by atoms with Crippen LogP contribution in [0, 0.1) is 18.7 Å². The largest absolute Gasteiger partial charge is 0.367 e. The predicted molar refractivity (Wildman–Crippen MR) is 106 cm³/mol. The quantitative estimate of drug-likeness (QED) is 0.534. The van der Waals surface area contributed by atoms with Crippen LogP contribution in [0.5, 0.6) is 0 Å². The number of fused-ring (bicyclic) bond motifs is 2. The summed E-state index contributed by atoms with van der Waals surface area (Å²) in [5.41, 5.74) is 4.41. The van der Waals surface area contributed by atoms with Gasteiger partial charge >= 0.3 is 0 Å². The van der Waals surface area contributed by atoms with Crippen LogP contribution >= 0.6 is 0 Å². The standard InChI is InChI=1S/C20H19FN6O/c1-11-8-26(9-11)20-18(21)12(2)17(15-7-23-24-19(15)20)13-3-4-27-14(5-13)6-16(25-27)22-10-28/h3-7,10-11H,8-9H2,1-2H3,(H,23,24)(H,22,25,28). The number of hydrogen-bond acceptors (Lipinski definition) is 4. The lowest BCUT2D eigenvalue weighted by Crippen LogP contribution is -2.45. The highest BCUT2D eigenvalue weighted by molar-refractivity contribution is 6.03. The average Bonchev–Trinajstić information content (AvgIpc) is 3.27. The van der Waals surface area contributed by atoms with Crippen LogP contribution in [-0.2, 0) is 4.79 Å². The van der Waals surface area contributed by atoms with Crippen molar-refractivity contribution in [3.8, 4) is 11.1 Å². The van der Waals surface area contributed by atoms with Crippen LogP contribution in [-0.4, -0.2) is 39.3 Å². The number of benzene rings is 1. The molecule has 5 rings (SSSR count). The Morgan fingerprint density at radius 2 is 2.18 bits per heavy atom. The first-order chi connectivity index (χ1) is 13.6. The highest BCUT2D eigenvalue weighted by Crippen LogP contribution is 2.41. The van der Waals surface area contributed by atoms with Crippen LogP contribution in [0.15, 0.2) is 30.6 Å². The summed E-state index contributed by atoms with van der Waals surface area (Å²) >= 11 is 0. The molecule has 4 aromatic rings. The molecule has 1 aromatic carbocycles. The number of aromatic amines is 1. The highest BCUT2D eigenvalue weighted by atomic mass is 19.1. The number of H-pyrrole nitrogens is 1. The maximum absolute atomic E-state index is 15.4. The van der Waals surface area contributed by atoms with Gasteiger partial charge in [-0.3, -0.25) is 9.89 Å². The number of aromatic nitrogens is 4. The van der Waals surface area contributed by atoms with E-state index in [0.29, 0.717) is 29.4 Å². The maximum Gasteiger partial charge on any atom is 0.212 e. The molecular formula is C20H19FN6O. The third kappa shape index (κ3) is 2.37. The molecule has 0 spiro atoms. The molecule has 0 aliphatic carbocycles. The van der Waals surface area contributed by atoms with Crippen LogP contribution in [0.4, 0.5) is 15.9 Å². The first kappa shape index (κ1) is 16.7. The van der Waals surface area contributed by atoms with Gasteiger partial charge in [0.25, 0.3) is 0 Å². The Balaban J connectivity index is 1.70. The molecule has 3 aromatic heterocycles. The fraction of sp³-hybridized carbons (Fsp3) is 0.250. The Labute approximate surface area is 160 Å². The minimum absolute atomic E-state index is 0.213. The van der Waals surface area contributed by atoms with E-state index in [2.05, 4.69) is 32.4 Å². The molecule has 1 fully saturated rings. The van der Waals surface area contributed by atoms with Crippen molar-refractivity contribution in [1.82, 2.24) is 19.8 Å². The van der Waals surface area contributed by atoms with Crippen molar-refractivity contribution < 1.29 is 9.18 Å². The summed E-state index contributed by atoms with van der Waals surface area (Å²) in [5.74, 6) is 0.817. The van der Waals surface area contributed by atoms with Crippen molar-refractivity contribution in [2.45, 2.75) is 13.8 Å². The van der Waals surface area contributed by atoms with Gasteiger partial charge in [0.2, 0.25) is 6.41 Å². The van der Waals surface area contributed by atoms with Crippen molar-refractivity contribution in [1.29, 1.82) is 0 Å². The smallest absolute Gasteiger partial charge is 0.212 e. The third-order valence-corrected chi connectivity index (χ3v) is 5.40. The molecule has 4 heterocycles. The Bertz CT molecular complexity index is 1220. The number of nitrogens with one attached hydrogen (secondary N) is 2. The summed E-state index contributed by atoms with van der Waals surface area (Å²) in [7, 11) is 0. The lowest BCUT2D eigenvalue weighted by Gasteiger charge is -2.39. The van der Waals surface area contributed by atoms with Gasteiger partial charge in [-0.05, 0) is 41.7 Å². The van der Waals surface area contributed by atoms with E-state index in [0.717, 1.165) is 40.6 Å². The van der Waals surface area contributed by atoms with Crippen LogP contribution < -0.4 is 10.2 Å². The van der Waals surface area contributed by atoms with E-state index in [4.69, 9.17) is 0 Å². The fourth-order valence-corrected chi connectivity index (χ4v) is 4.09. The van der Waals surface area contributed by atoms with Gasteiger partial charge in [-0.15, -0.1) is 0 Å². The van der Waals surface area contributed by atoms with Crippen LogP contribution in [0.3, 0.4) is 0 Å². The molecule has 1 aliphatic heterocycles. The maximum atomic E-state index is 15.4. The average molecular weight is 378 g/mol. The Morgan fingerprint density at radius 3 is 2.93 bits per heavy atom. The van der Waals surface area contributed by atoms with E-state index in [-0.39, 0.29) is 5.82 Å². The van der Waals surface area contributed by atoms with E-state index in [1.165, 1.54) is 0 Å². The number of carbonyl (C=O) groups excluding carboxylic acids is 1. The van der Waals surface area contributed by atoms with Gasteiger partial charge in [0.05, 0.1) is 22.9 Å². The second kappa shape index (κ2) is 6.05. The molecule has 1 saturated heterocycles. The zero-order valence-corrected chi connectivity index (χ0v) is 15.5. The second-order valence-electron chi connectivity index (χ2n) is 7.41. The van der Waals surface area contributed by atoms with E-state index < -0.39 is 0 Å². The third-order valence-electron chi connectivity index (χ3n) is 5.40. The second-order valence-corrected chi connectivity index (χ2v) is 7.41. The summed E-state index contributed by atoms with van der Waals surface area (Å²) in [6.07, 6.45) is 4.14. The number of carbonyl (C=O) groups is 1. The fourth-order valence-electron chi connectivity index (χ4n) is 4.09. The molecule has 1 amide bonds. The van der Waals surface area contributed by atoms with Gasteiger partial charge in [0.15, 0.2) is 11.6 Å². The van der Waals surface area contributed by atoms with Gasteiger partial charge in [-0.25, -0.2) is 8.91 Å². The summed E-state index contributed by atoms with van der Waals surface area (Å²) in [6.45, 7) is 5.66. The minimum Gasteiger partial charge on any atom is -0.367 e. The zero-order chi connectivity index (χ0) is 19.4. The first-order valence-electron chi connectivity index (χ1n) is 9.17. The first-order valence-corrected chi connectivity index (χ1v) is 9.17. The van der Waals surface area contributed by atoms with Crippen molar-refractivity contribution in [2.24, 2.45) is 5.92 Å². The molecule has 0 saturated carbocycles. The van der Waals surface area contributed by atoms with Gasteiger partial charge < -0.3 is 10.2 Å². The van der Waals surface area contributed by atoms with Gasteiger partial charge in [0, 0.05) is 30.7 Å². The highest BCUT2D eigenvalue weighted by Gasteiger charge is 2.30. The van der Waals surface area contributed by atoms with E-state index in [9.17, 15) is 4.79 Å². The molecule has 7 nitrogen and oxygen atoms in total. The molecule has 142 valence electrons. The number of amides is 1. The number of rotatable bonds is 4. The van der Waals surface area contributed by atoms with E-state index >= 15 is 4.39 Å².